The summed E-state index contributed by atoms with van der Waals surface area (Å²) in [4.78, 5) is 21.1. The van der Waals surface area contributed by atoms with Gasteiger partial charge in [-0.2, -0.15) is 0 Å². The predicted molar refractivity (Wildman–Crippen MR) is 128 cm³/mol. The number of pyridine rings is 1. The molecule has 3 heterocycles. The van der Waals surface area contributed by atoms with Gasteiger partial charge in [-0.1, -0.05) is 43.3 Å². The minimum absolute atomic E-state index is 0.0927. The summed E-state index contributed by atoms with van der Waals surface area (Å²) >= 11 is 0. The molecule has 1 N–H and O–H groups in total. The molecular weight excluding hydrogens is 414 g/mol. The van der Waals surface area contributed by atoms with E-state index in [-0.39, 0.29) is 11.6 Å². The van der Waals surface area contributed by atoms with Crippen LogP contribution < -0.4 is 5.56 Å². The summed E-state index contributed by atoms with van der Waals surface area (Å²) in [5, 5.41) is 13.8. The molecule has 1 fully saturated rings. The summed E-state index contributed by atoms with van der Waals surface area (Å²) in [6.45, 7) is 6.24. The number of fused-ring (bicyclic) bond motifs is 1. The SMILES string of the molecule is CCc1ccc2[nH]c(=O)c(C(c3nnnn3Cc3ccccc3)N3CCN(C)CC3)cc2c1. The zero-order chi connectivity index (χ0) is 22.8. The van der Waals surface area contributed by atoms with E-state index < -0.39 is 0 Å². The van der Waals surface area contributed by atoms with Crippen LogP contribution in [0.4, 0.5) is 0 Å². The molecule has 33 heavy (non-hydrogen) atoms. The van der Waals surface area contributed by atoms with Crippen LogP contribution in [-0.2, 0) is 13.0 Å². The molecule has 1 aliphatic rings. The van der Waals surface area contributed by atoms with Crippen LogP contribution >= 0.6 is 0 Å². The first kappa shape index (κ1) is 21.5. The maximum absolute atomic E-state index is 13.3. The van der Waals surface area contributed by atoms with E-state index in [1.807, 2.05) is 35.0 Å². The van der Waals surface area contributed by atoms with Crippen LogP contribution in [0.3, 0.4) is 0 Å². The topological polar surface area (TPSA) is 82.9 Å². The van der Waals surface area contributed by atoms with Crippen LogP contribution in [0.15, 0.2) is 59.4 Å². The molecular formula is C25H29N7O. The Morgan fingerprint density at radius 1 is 1.00 bits per heavy atom. The maximum Gasteiger partial charge on any atom is 0.253 e. The highest BCUT2D eigenvalue weighted by molar-refractivity contribution is 5.80. The van der Waals surface area contributed by atoms with Gasteiger partial charge in [-0.3, -0.25) is 9.69 Å². The summed E-state index contributed by atoms with van der Waals surface area (Å²) in [6, 6.07) is 18.1. The highest BCUT2D eigenvalue weighted by Crippen LogP contribution is 2.28. The standard InChI is InChI=1S/C25H29N7O/c1-3-18-9-10-22-20(15-18)16-21(25(33)26-22)23(31-13-11-30(2)12-14-31)24-27-28-29-32(24)17-19-7-5-4-6-8-19/h4-10,15-16,23H,3,11-14,17H2,1-2H3,(H,26,33). The van der Waals surface area contributed by atoms with E-state index >= 15 is 0 Å². The molecule has 2 aromatic heterocycles. The third kappa shape index (κ3) is 4.44. The van der Waals surface area contributed by atoms with Crippen molar-refractivity contribution in [3.63, 3.8) is 0 Å². The van der Waals surface area contributed by atoms with E-state index in [4.69, 9.17) is 0 Å². The molecule has 1 atom stereocenters. The van der Waals surface area contributed by atoms with Crippen molar-refractivity contribution in [2.24, 2.45) is 0 Å². The summed E-state index contributed by atoms with van der Waals surface area (Å²) < 4.78 is 1.82. The Morgan fingerprint density at radius 2 is 1.79 bits per heavy atom. The first-order valence-corrected chi connectivity index (χ1v) is 11.5. The summed E-state index contributed by atoms with van der Waals surface area (Å²) in [7, 11) is 2.13. The smallest absolute Gasteiger partial charge is 0.253 e. The fraction of sp³-hybridized carbons (Fsp3) is 0.360. The Morgan fingerprint density at radius 3 is 2.55 bits per heavy atom. The van der Waals surface area contributed by atoms with Crippen LogP contribution in [0.2, 0.25) is 0 Å². The van der Waals surface area contributed by atoms with Crippen molar-refractivity contribution in [1.82, 2.24) is 35.0 Å². The second-order valence-corrected chi connectivity index (χ2v) is 8.75. The van der Waals surface area contributed by atoms with Gasteiger partial charge < -0.3 is 9.88 Å². The maximum atomic E-state index is 13.3. The van der Waals surface area contributed by atoms with Crippen molar-refractivity contribution in [2.45, 2.75) is 25.9 Å². The number of aromatic amines is 1. The average Bonchev–Trinajstić information content (AvgIpc) is 3.28. The lowest BCUT2D eigenvalue weighted by atomic mass is 10.0. The van der Waals surface area contributed by atoms with Crippen molar-refractivity contribution < 1.29 is 0 Å². The number of nitrogens with one attached hydrogen (secondary N) is 1. The molecule has 0 bridgehead atoms. The van der Waals surface area contributed by atoms with Gasteiger partial charge in [0.15, 0.2) is 5.82 Å². The largest absolute Gasteiger partial charge is 0.322 e. The molecule has 4 aromatic rings. The van der Waals surface area contributed by atoms with Gasteiger partial charge in [-0.25, -0.2) is 4.68 Å². The second kappa shape index (κ2) is 9.25. The average molecular weight is 444 g/mol. The van der Waals surface area contributed by atoms with E-state index in [0.717, 1.165) is 49.1 Å². The second-order valence-electron chi connectivity index (χ2n) is 8.75. The Bertz CT molecular complexity index is 1290. The lowest BCUT2D eigenvalue weighted by Gasteiger charge is -2.37. The first-order valence-electron chi connectivity index (χ1n) is 11.5. The molecule has 5 rings (SSSR count). The first-order chi connectivity index (χ1) is 16.1. The molecule has 1 aliphatic heterocycles. The van der Waals surface area contributed by atoms with Gasteiger partial charge in [-0.05, 0) is 58.6 Å². The van der Waals surface area contributed by atoms with Gasteiger partial charge in [0.25, 0.3) is 5.56 Å². The third-order valence-electron chi connectivity index (χ3n) is 6.52. The van der Waals surface area contributed by atoms with E-state index in [1.165, 1.54) is 5.56 Å². The van der Waals surface area contributed by atoms with Gasteiger partial charge in [0, 0.05) is 37.3 Å². The van der Waals surface area contributed by atoms with Gasteiger partial charge in [0.1, 0.15) is 6.04 Å². The Hall–Kier alpha value is -3.36. The predicted octanol–water partition coefficient (Wildman–Crippen LogP) is 2.46. The number of nitrogens with zero attached hydrogens (tertiary/aromatic N) is 6. The number of tetrazole rings is 1. The normalized spacial score (nSPS) is 16.3. The molecule has 0 amide bonds. The van der Waals surface area contributed by atoms with Crippen LogP contribution in [0.5, 0.6) is 0 Å². The number of hydrogen-bond donors (Lipinski definition) is 1. The number of rotatable bonds is 6. The van der Waals surface area contributed by atoms with Crippen molar-refractivity contribution in [3.05, 3.63) is 87.5 Å². The number of likely N-dealkylation sites (N-methyl/N-ethyl adjacent to an activating group) is 1. The Labute approximate surface area is 192 Å². The lowest BCUT2D eigenvalue weighted by Crippen LogP contribution is -2.47. The van der Waals surface area contributed by atoms with Gasteiger partial charge >= 0.3 is 0 Å². The van der Waals surface area contributed by atoms with Crippen LogP contribution in [0.1, 0.15) is 35.5 Å². The fourth-order valence-electron chi connectivity index (χ4n) is 4.55. The van der Waals surface area contributed by atoms with Crippen molar-refractivity contribution >= 4 is 10.9 Å². The highest BCUT2D eigenvalue weighted by atomic mass is 16.1. The van der Waals surface area contributed by atoms with E-state index in [2.05, 4.69) is 68.5 Å². The molecule has 1 unspecified atom stereocenters. The summed E-state index contributed by atoms with van der Waals surface area (Å²) in [6.07, 6.45) is 0.946. The monoisotopic (exact) mass is 443 g/mol. The Balaban J connectivity index is 1.61. The van der Waals surface area contributed by atoms with Crippen LogP contribution in [0.25, 0.3) is 10.9 Å². The number of hydrogen-bond acceptors (Lipinski definition) is 6. The number of H-pyrrole nitrogens is 1. The van der Waals surface area contributed by atoms with Crippen molar-refractivity contribution in [2.75, 3.05) is 33.2 Å². The molecule has 0 saturated carbocycles. The number of aromatic nitrogens is 5. The third-order valence-corrected chi connectivity index (χ3v) is 6.52. The van der Waals surface area contributed by atoms with E-state index in [9.17, 15) is 4.79 Å². The fourth-order valence-corrected chi connectivity index (χ4v) is 4.55. The molecule has 0 spiro atoms. The number of piperazine rings is 1. The van der Waals surface area contributed by atoms with Gasteiger partial charge in [-0.15, -0.1) is 5.10 Å². The lowest BCUT2D eigenvalue weighted by molar-refractivity contribution is 0.121. The number of aryl methyl sites for hydroxylation is 1. The molecule has 8 nitrogen and oxygen atoms in total. The summed E-state index contributed by atoms with van der Waals surface area (Å²) in [5.74, 6) is 0.694. The molecule has 170 valence electrons. The molecule has 0 radical (unpaired) electrons. The minimum Gasteiger partial charge on any atom is -0.322 e. The highest BCUT2D eigenvalue weighted by Gasteiger charge is 2.32. The quantitative estimate of drug-likeness (QED) is 0.493. The van der Waals surface area contributed by atoms with E-state index in [1.54, 1.807) is 0 Å². The van der Waals surface area contributed by atoms with Crippen molar-refractivity contribution in [1.29, 1.82) is 0 Å². The van der Waals surface area contributed by atoms with Gasteiger partial charge in [0.2, 0.25) is 0 Å². The Kier molecular flexibility index (Phi) is 6.02. The number of benzene rings is 2. The zero-order valence-corrected chi connectivity index (χ0v) is 19.1. The summed E-state index contributed by atoms with van der Waals surface area (Å²) in [5.41, 5.74) is 3.80. The minimum atomic E-state index is -0.323. The molecule has 2 aromatic carbocycles. The van der Waals surface area contributed by atoms with E-state index in [0.29, 0.717) is 17.9 Å². The molecule has 8 heteroatoms. The zero-order valence-electron chi connectivity index (χ0n) is 19.1. The van der Waals surface area contributed by atoms with Crippen LogP contribution in [-0.4, -0.2) is 68.2 Å². The molecule has 0 aliphatic carbocycles. The molecule has 1 saturated heterocycles. The van der Waals surface area contributed by atoms with Crippen LogP contribution in [0, 0.1) is 0 Å². The van der Waals surface area contributed by atoms with Crippen molar-refractivity contribution in [3.8, 4) is 0 Å². The van der Waals surface area contributed by atoms with Gasteiger partial charge in [0.05, 0.1) is 6.54 Å².